The van der Waals surface area contributed by atoms with Gasteiger partial charge in [0, 0.05) is 17.6 Å². The second kappa shape index (κ2) is 14.1. The predicted octanol–water partition coefficient (Wildman–Crippen LogP) is 5.84. The van der Waals surface area contributed by atoms with Crippen LogP contribution in [0.1, 0.15) is 38.3 Å². The number of hydrogen-bond donors (Lipinski definition) is 1. The van der Waals surface area contributed by atoms with Crippen LogP contribution in [-0.4, -0.2) is 50.9 Å². The number of nitrogens with one attached hydrogen (secondary N) is 1. The van der Waals surface area contributed by atoms with E-state index in [4.69, 9.17) is 27.9 Å². The highest BCUT2D eigenvalue weighted by Gasteiger charge is 2.33. The summed E-state index contributed by atoms with van der Waals surface area (Å²) in [5, 5.41) is 3.50. The maximum absolute atomic E-state index is 14.0. The summed E-state index contributed by atoms with van der Waals surface area (Å²) in [6.07, 6.45) is 0.706. The number of hydrogen-bond acceptors (Lipinski definition) is 5. The number of ether oxygens (including phenoxy) is 1. The van der Waals surface area contributed by atoms with Gasteiger partial charge >= 0.3 is 0 Å². The zero-order chi connectivity index (χ0) is 30.3. The zero-order valence-electron chi connectivity index (χ0n) is 23.7. The first-order valence-electron chi connectivity index (χ1n) is 13.1. The fraction of sp³-hybridized carbons (Fsp3) is 0.333. The van der Waals surface area contributed by atoms with E-state index in [9.17, 15) is 18.0 Å². The van der Waals surface area contributed by atoms with Crippen LogP contribution in [0, 0.1) is 6.92 Å². The lowest BCUT2D eigenvalue weighted by Gasteiger charge is -2.32. The Kier molecular flexibility index (Phi) is 11.1. The monoisotopic (exact) mass is 619 g/mol. The van der Waals surface area contributed by atoms with Gasteiger partial charge in [0.05, 0.1) is 22.7 Å². The van der Waals surface area contributed by atoms with Crippen molar-refractivity contribution in [2.45, 2.75) is 57.6 Å². The molecular formula is C30H35Cl2N3O5S. The van der Waals surface area contributed by atoms with Crippen LogP contribution in [0.15, 0.2) is 71.6 Å². The molecule has 220 valence electrons. The molecule has 0 aliphatic heterocycles. The molecule has 41 heavy (non-hydrogen) atoms. The van der Waals surface area contributed by atoms with Crippen LogP contribution in [0.25, 0.3) is 0 Å². The largest absolute Gasteiger partial charge is 0.495 e. The van der Waals surface area contributed by atoms with Crippen LogP contribution in [0.3, 0.4) is 0 Å². The number of nitrogens with zero attached hydrogens (tertiary/aromatic N) is 2. The van der Waals surface area contributed by atoms with Crippen molar-refractivity contribution < 1.29 is 22.7 Å². The van der Waals surface area contributed by atoms with Crippen molar-refractivity contribution >= 4 is 50.7 Å². The van der Waals surface area contributed by atoms with Gasteiger partial charge in [-0.05, 0) is 69.2 Å². The Morgan fingerprint density at radius 1 is 0.976 bits per heavy atom. The Morgan fingerprint density at radius 2 is 1.63 bits per heavy atom. The fourth-order valence-electron chi connectivity index (χ4n) is 4.03. The normalized spacial score (nSPS) is 12.8. The van der Waals surface area contributed by atoms with E-state index in [1.54, 1.807) is 43.3 Å². The highest BCUT2D eigenvalue weighted by molar-refractivity contribution is 7.92. The molecular weight excluding hydrogens is 585 g/mol. The third-order valence-corrected chi connectivity index (χ3v) is 9.23. The molecule has 3 rings (SSSR count). The zero-order valence-corrected chi connectivity index (χ0v) is 26.1. The molecule has 0 saturated heterocycles. The summed E-state index contributed by atoms with van der Waals surface area (Å²) in [6.45, 7) is 6.67. The van der Waals surface area contributed by atoms with E-state index in [0.29, 0.717) is 22.8 Å². The smallest absolute Gasteiger partial charge is 0.264 e. The Labute approximate surface area is 252 Å². The minimum atomic E-state index is -4.23. The molecule has 0 unspecified atom stereocenters. The van der Waals surface area contributed by atoms with Crippen LogP contribution < -0.4 is 14.4 Å². The van der Waals surface area contributed by atoms with Gasteiger partial charge in [0.1, 0.15) is 18.3 Å². The number of aryl methyl sites for hydroxylation is 1. The lowest BCUT2D eigenvalue weighted by atomic mass is 10.1. The van der Waals surface area contributed by atoms with Crippen molar-refractivity contribution in [2.75, 3.05) is 18.0 Å². The van der Waals surface area contributed by atoms with Gasteiger partial charge in [-0.3, -0.25) is 13.9 Å². The average Bonchev–Trinajstić information content (AvgIpc) is 2.95. The number of sulfonamides is 1. The number of rotatable bonds is 12. The molecule has 2 amide bonds. The van der Waals surface area contributed by atoms with Gasteiger partial charge in [-0.2, -0.15) is 0 Å². The van der Waals surface area contributed by atoms with Gasteiger partial charge in [0.15, 0.2) is 0 Å². The average molecular weight is 621 g/mol. The van der Waals surface area contributed by atoms with Gasteiger partial charge in [0.25, 0.3) is 10.0 Å². The van der Waals surface area contributed by atoms with Gasteiger partial charge in [-0.25, -0.2) is 8.42 Å². The highest BCUT2D eigenvalue weighted by atomic mass is 35.5. The van der Waals surface area contributed by atoms with Crippen LogP contribution in [0.5, 0.6) is 5.75 Å². The lowest BCUT2D eigenvalue weighted by Crippen LogP contribution is -2.52. The minimum Gasteiger partial charge on any atom is -0.495 e. The second-order valence-electron chi connectivity index (χ2n) is 9.75. The molecule has 3 aromatic carbocycles. The topological polar surface area (TPSA) is 96.0 Å². The summed E-state index contributed by atoms with van der Waals surface area (Å²) in [4.78, 5) is 28.5. The summed E-state index contributed by atoms with van der Waals surface area (Å²) >= 11 is 12.8. The molecule has 0 aromatic heterocycles. The Balaban J connectivity index is 2.07. The molecule has 11 heteroatoms. The fourth-order valence-corrected chi connectivity index (χ4v) is 5.89. The van der Waals surface area contributed by atoms with Crippen molar-refractivity contribution in [3.05, 3.63) is 87.9 Å². The molecule has 0 aliphatic rings. The van der Waals surface area contributed by atoms with Crippen LogP contribution in [0.2, 0.25) is 10.0 Å². The van der Waals surface area contributed by atoms with E-state index in [-0.39, 0.29) is 34.1 Å². The summed E-state index contributed by atoms with van der Waals surface area (Å²) in [5.41, 5.74) is 1.66. The van der Waals surface area contributed by atoms with Gasteiger partial charge < -0.3 is 15.0 Å². The van der Waals surface area contributed by atoms with Crippen LogP contribution in [-0.2, 0) is 26.2 Å². The van der Waals surface area contributed by atoms with E-state index in [0.717, 1.165) is 9.87 Å². The number of carbonyl (C=O) groups is 2. The highest BCUT2D eigenvalue weighted by Crippen LogP contribution is 2.32. The number of anilines is 1. The Morgan fingerprint density at radius 3 is 2.22 bits per heavy atom. The summed E-state index contributed by atoms with van der Waals surface area (Å²) in [5.74, 6) is -0.607. The van der Waals surface area contributed by atoms with E-state index < -0.39 is 28.5 Å². The quantitative estimate of drug-likeness (QED) is 0.275. The number of benzene rings is 3. The summed E-state index contributed by atoms with van der Waals surface area (Å²) < 4.78 is 34.1. The first-order valence-corrected chi connectivity index (χ1v) is 15.3. The number of methoxy groups -OCH3 is 1. The molecule has 0 bridgehead atoms. The van der Waals surface area contributed by atoms with Crippen molar-refractivity contribution in [3.63, 3.8) is 0 Å². The third kappa shape index (κ3) is 7.93. The van der Waals surface area contributed by atoms with Crippen molar-refractivity contribution in [3.8, 4) is 5.75 Å². The molecule has 0 fully saturated rings. The molecule has 0 spiro atoms. The first-order chi connectivity index (χ1) is 19.4. The molecule has 0 aliphatic carbocycles. The van der Waals surface area contributed by atoms with Crippen molar-refractivity contribution in [1.82, 2.24) is 10.2 Å². The Bertz CT molecular complexity index is 1480. The van der Waals surface area contributed by atoms with Crippen LogP contribution >= 0.6 is 23.2 Å². The molecule has 8 nitrogen and oxygen atoms in total. The van der Waals surface area contributed by atoms with Gasteiger partial charge in [-0.15, -0.1) is 0 Å². The van der Waals surface area contributed by atoms with Crippen molar-refractivity contribution in [1.29, 1.82) is 0 Å². The Hall–Kier alpha value is -3.27. The maximum Gasteiger partial charge on any atom is 0.264 e. The van der Waals surface area contributed by atoms with E-state index in [1.165, 1.54) is 42.3 Å². The standard InChI is InChI=1S/C30H35Cl2N3O5S/c1-6-21(3)33-30(37)22(4)34(18-23-9-7-8-10-26(23)31)29(36)19-35(24-13-16-28(40-5)27(32)17-24)41(38,39)25-14-11-20(2)12-15-25/h7-17,21-22H,6,18-19H2,1-5H3,(H,33,37)/t21-,22+/m1/s1. The SMILES string of the molecule is CC[C@@H](C)NC(=O)[C@H](C)N(Cc1ccccc1Cl)C(=O)CN(c1ccc(OC)c(Cl)c1)S(=O)(=O)c1ccc(C)cc1. The molecule has 0 heterocycles. The van der Waals surface area contributed by atoms with E-state index in [1.807, 2.05) is 20.8 Å². The number of amides is 2. The second-order valence-corrected chi connectivity index (χ2v) is 12.4. The maximum atomic E-state index is 14.0. The van der Waals surface area contributed by atoms with Crippen molar-refractivity contribution in [2.24, 2.45) is 0 Å². The summed E-state index contributed by atoms with van der Waals surface area (Å²) in [6, 6.07) is 16.8. The molecule has 3 aromatic rings. The third-order valence-electron chi connectivity index (χ3n) is 6.78. The molecule has 1 N–H and O–H groups in total. The first kappa shape index (κ1) is 32.2. The van der Waals surface area contributed by atoms with E-state index in [2.05, 4.69) is 5.32 Å². The van der Waals surface area contributed by atoms with E-state index >= 15 is 0 Å². The van der Waals surface area contributed by atoms with Gasteiger partial charge in [-0.1, -0.05) is 66.0 Å². The minimum absolute atomic E-state index is 0.00283. The van der Waals surface area contributed by atoms with Gasteiger partial charge in [0.2, 0.25) is 11.8 Å². The molecule has 2 atom stereocenters. The summed E-state index contributed by atoms with van der Waals surface area (Å²) in [7, 11) is -2.78. The molecule has 0 radical (unpaired) electrons. The van der Waals surface area contributed by atoms with Crippen LogP contribution in [0.4, 0.5) is 5.69 Å². The number of carbonyl (C=O) groups excluding carboxylic acids is 2. The lowest BCUT2D eigenvalue weighted by molar-refractivity contribution is -0.139. The molecule has 0 saturated carbocycles. The predicted molar refractivity (Wildman–Crippen MR) is 163 cm³/mol. The number of halogens is 2.